The van der Waals surface area contributed by atoms with Gasteiger partial charge in [-0.3, -0.25) is 0 Å². The summed E-state index contributed by atoms with van der Waals surface area (Å²) in [6.07, 6.45) is 8.86. The van der Waals surface area contributed by atoms with Gasteiger partial charge in [0.2, 0.25) is 0 Å². The fourth-order valence-corrected chi connectivity index (χ4v) is 5.62. The lowest BCUT2D eigenvalue weighted by atomic mass is 9.77. The van der Waals surface area contributed by atoms with Crippen molar-refractivity contribution in [3.63, 3.8) is 0 Å². The van der Waals surface area contributed by atoms with Crippen LogP contribution in [-0.4, -0.2) is 5.25 Å². The average molecular weight is 254 g/mol. The molecule has 1 saturated carbocycles. The van der Waals surface area contributed by atoms with Crippen molar-refractivity contribution in [3.05, 3.63) is 59.0 Å². The van der Waals surface area contributed by atoms with E-state index < -0.39 is 0 Å². The molecule has 0 aromatic heterocycles. The number of rotatable bonds is 1. The van der Waals surface area contributed by atoms with Crippen LogP contribution in [0.25, 0.3) is 0 Å². The lowest BCUT2D eigenvalue weighted by Gasteiger charge is -2.37. The molecule has 0 amide bonds. The highest BCUT2D eigenvalue weighted by Crippen LogP contribution is 2.58. The van der Waals surface area contributed by atoms with Crippen LogP contribution in [0.5, 0.6) is 0 Å². The molecule has 0 saturated heterocycles. The van der Waals surface area contributed by atoms with Gasteiger partial charge in [-0.05, 0) is 41.6 Å². The Morgan fingerprint density at radius 3 is 2.67 bits per heavy atom. The van der Waals surface area contributed by atoms with E-state index in [2.05, 4.69) is 67.2 Å². The zero-order valence-corrected chi connectivity index (χ0v) is 11.4. The van der Waals surface area contributed by atoms with Crippen LogP contribution in [0.3, 0.4) is 0 Å². The first kappa shape index (κ1) is 10.9. The van der Waals surface area contributed by atoms with E-state index in [1.807, 2.05) is 0 Å². The van der Waals surface area contributed by atoms with Crippen LogP contribution in [0.4, 0.5) is 0 Å². The van der Waals surface area contributed by atoms with E-state index in [4.69, 9.17) is 0 Å². The first-order valence-corrected chi connectivity index (χ1v) is 7.79. The quantitative estimate of drug-likeness (QED) is 0.659. The Morgan fingerprint density at radius 2 is 1.83 bits per heavy atom. The minimum absolute atomic E-state index is 0.636. The molecule has 92 valence electrons. The summed E-state index contributed by atoms with van der Waals surface area (Å²) in [5.74, 6) is 3.12. The van der Waals surface area contributed by atoms with Gasteiger partial charge in [-0.2, -0.15) is 0 Å². The van der Waals surface area contributed by atoms with Gasteiger partial charge in [0.1, 0.15) is 0 Å². The minimum atomic E-state index is 0.636. The Balaban J connectivity index is 1.77. The third-order valence-electron chi connectivity index (χ3n) is 4.78. The van der Waals surface area contributed by atoms with Crippen molar-refractivity contribution in [2.45, 2.75) is 24.5 Å². The van der Waals surface area contributed by atoms with Gasteiger partial charge in [0, 0.05) is 11.2 Å². The molecule has 5 atom stereocenters. The van der Waals surface area contributed by atoms with E-state index in [0.717, 1.165) is 23.0 Å². The number of hydrogen-bond donors (Lipinski definition) is 0. The zero-order valence-electron chi connectivity index (χ0n) is 10.6. The normalized spacial score (nSPS) is 40.7. The van der Waals surface area contributed by atoms with Gasteiger partial charge in [0.25, 0.3) is 0 Å². The Kier molecular flexibility index (Phi) is 2.44. The van der Waals surface area contributed by atoms with Crippen molar-refractivity contribution in [2.24, 2.45) is 17.8 Å². The molecule has 4 rings (SSSR count). The zero-order chi connectivity index (χ0) is 12.1. The van der Waals surface area contributed by atoms with Gasteiger partial charge < -0.3 is 0 Å². The predicted octanol–water partition coefficient (Wildman–Crippen LogP) is 4.61. The van der Waals surface area contributed by atoms with Gasteiger partial charge in [-0.15, -0.1) is 11.8 Å². The monoisotopic (exact) mass is 254 g/mol. The molecule has 1 heteroatoms. The molecule has 0 spiro atoms. The largest absolute Gasteiger partial charge is 0.127 e. The molecule has 1 aromatic carbocycles. The summed E-state index contributed by atoms with van der Waals surface area (Å²) >= 11 is 2.13. The van der Waals surface area contributed by atoms with Crippen molar-refractivity contribution < 1.29 is 0 Å². The molecule has 18 heavy (non-hydrogen) atoms. The molecule has 0 unspecified atom stereocenters. The van der Waals surface area contributed by atoms with E-state index >= 15 is 0 Å². The van der Waals surface area contributed by atoms with Crippen molar-refractivity contribution in [2.75, 3.05) is 0 Å². The summed E-state index contributed by atoms with van der Waals surface area (Å²) < 4.78 is 0. The topological polar surface area (TPSA) is 0 Å². The molecule has 3 aliphatic rings. The first-order valence-electron chi connectivity index (χ1n) is 6.91. The van der Waals surface area contributed by atoms with Crippen LogP contribution >= 0.6 is 11.8 Å². The third-order valence-corrected chi connectivity index (χ3v) is 6.22. The maximum absolute atomic E-state index is 2.51. The van der Waals surface area contributed by atoms with E-state index in [9.17, 15) is 0 Å². The Labute approximate surface area is 113 Å². The SMILES string of the molecule is CC1=C[C@H](c2ccccc2)[C@@H]2[C@H](S1)[C@H]1C=C[C@@H]2C1. The summed E-state index contributed by atoms with van der Waals surface area (Å²) in [7, 11) is 0. The molecular weight excluding hydrogens is 236 g/mol. The second-order valence-corrected chi connectivity index (χ2v) is 7.25. The van der Waals surface area contributed by atoms with Crippen molar-refractivity contribution >= 4 is 11.8 Å². The van der Waals surface area contributed by atoms with Crippen molar-refractivity contribution in [3.8, 4) is 0 Å². The minimum Gasteiger partial charge on any atom is -0.127 e. The predicted molar refractivity (Wildman–Crippen MR) is 78.5 cm³/mol. The summed E-state index contributed by atoms with van der Waals surface area (Å²) in [5, 5.41) is 0.829. The average Bonchev–Trinajstić information content (AvgIpc) is 3.00. The lowest BCUT2D eigenvalue weighted by molar-refractivity contribution is 0.412. The van der Waals surface area contributed by atoms with Gasteiger partial charge in [0.05, 0.1) is 0 Å². The van der Waals surface area contributed by atoms with Crippen LogP contribution in [0.2, 0.25) is 0 Å². The van der Waals surface area contributed by atoms with E-state index in [-0.39, 0.29) is 0 Å². The maximum Gasteiger partial charge on any atom is 0.0197 e. The summed E-state index contributed by atoms with van der Waals surface area (Å²) in [6.45, 7) is 2.28. The molecule has 0 radical (unpaired) electrons. The molecule has 0 nitrogen and oxygen atoms in total. The van der Waals surface area contributed by atoms with Gasteiger partial charge >= 0.3 is 0 Å². The van der Waals surface area contributed by atoms with Gasteiger partial charge in [-0.25, -0.2) is 0 Å². The highest BCUT2D eigenvalue weighted by Gasteiger charge is 2.49. The number of benzene rings is 1. The molecule has 1 heterocycles. The fourth-order valence-electron chi connectivity index (χ4n) is 4.06. The number of thioether (sulfide) groups is 1. The van der Waals surface area contributed by atoms with Crippen LogP contribution in [0.1, 0.15) is 24.8 Å². The van der Waals surface area contributed by atoms with Crippen LogP contribution in [0.15, 0.2) is 53.5 Å². The number of fused-ring (bicyclic) bond motifs is 5. The highest BCUT2D eigenvalue weighted by molar-refractivity contribution is 8.03. The smallest absolute Gasteiger partial charge is 0.0197 e. The summed E-state index contributed by atoms with van der Waals surface area (Å²) in [5.41, 5.74) is 1.51. The molecule has 2 bridgehead atoms. The lowest BCUT2D eigenvalue weighted by Crippen LogP contribution is -2.30. The first-order chi connectivity index (χ1) is 8.83. The Bertz CT molecular complexity index is 514. The summed E-state index contributed by atoms with van der Waals surface area (Å²) in [6, 6.07) is 11.1. The van der Waals surface area contributed by atoms with E-state index in [0.29, 0.717) is 5.92 Å². The maximum atomic E-state index is 2.51. The van der Waals surface area contributed by atoms with E-state index in [1.165, 1.54) is 16.9 Å². The van der Waals surface area contributed by atoms with Crippen LogP contribution in [0, 0.1) is 17.8 Å². The van der Waals surface area contributed by atoms with E-state index in [1.54, 1.807) is 0 Å². The molecule has 0 N–H and O–H groups in total. The highest BCUT2D eigenvalue weighted by atomic mass is 32.2. The van der Waals surface area contributed by atoms with Gasteiger partial charge in [-0.1, -0.05) is 48.6 Å². The molecule has 1 aromatic rings. The third kappa shape index (κ3) is 1.53. The van der Waals surface area contributed by atoms with Crippen LogP contribution in [-0.2, 0) is 0 Å². The Hall–Kier alpha value is -0.950. The summed E-state index contributed by atoms with van der Waals surface area (Å²) in [4.78, 5) is 1.52. The van der Waals surface area contributed by atoms with Gasteiger partial charge in [0.15, 0.2) is 0 Å². The molecular formula is C17H18S. The fraction of sp³-hybridized carbons (Fsp3) is 0.412. The molecule has 2 aliphatic carbocycles. The van der Waals surface area contributed by atoms with Crippen molar-refractivity contribution in [1.29, 1.82) is 0 Å². The standard InChI is InChI=1S/C17H18S/c1-11-9-15(12-5-3-2-4-6-12)16-13-7-8-14(10-13)17(16)18-11/h2-9,13-17H,10H2,1H3/t13-,14+,15-,16-,17-/m1/s1. The Morgan fingerprint density at radius 1 is 1.06 bits per heavy atom. The molecule has 1 fully saturated rings. The number of allylic oxidation sites excluding steroid dienone is 4. The molecule has 1 aliphatic heterocycles. The number of hydrogen-bond acceptors (Lipinski definition) is 1. The second-order valence-electron chi connectivity index (χ2n) is 5.82. The second kappa shape index (κ2) is 4.03. The van der Waals surface area contributed by atoms with Crippen molar-refractivity contribution in [1.82, 2.24) is 0 Å². The van der Waals surface area contributed by atoms with Crippen LogP contribution < -0.4 is 0 Å².